The molecule has 1 aromatic heterocycles. The smallest absolute Gasteiger partial charge is 0.238 e. The lowest BCUT2D eigenvalue weighted by Gasteiger charge is -2.24. The van der Waals surface area contributed by atoms with Gasteiger partial charge in [0.25, 0.3) is 0 Å². The van der Waals surface area contributed by atoms with Crippen LogP contribution in [0.2, 0.25) is 0 Å². The largest absolute Gasteiger partial charge is 0.295 e. The van der Waals surface area contributed by atoms with E-state index in [1.54, 1.807) is 29.4 Å². The number of amides is 1. The summed E-state index contributed by atoms with van der Waals surface area (Å²) in [4.78, 5) is 17.7. The number of pyridine rings is 1. The van der Waals surface area contributed by atoms with Crippen molar-refractivity contribution < 1.29 is 9.18 Å². The minimum absolute atomic E-state index is 0.00977. The maximum Gasteiger partial charge on any atom is 0.238 e. The third-order valence-electron chi connectivity index (χ3n) is 2.92. The molecule has 1 saturated heterocycles. The van der Waals surface area contributed by atoms with Crippen LogP contribution in [0, 0.1) is 5.82 Å². The van der Waals surface area contributed by atoms with Crippen molar-refractivity contribution in [1.82, 2.24) is 4.98 Å². The zero-order valence-corrected chi connectivity index (χ0v) is 10.8. The van der Waals surface area contributed by atoms with Crippen molar-refractivity contribution in [2.75, 3.05) is 10.7 Å². The predicted octanol–water partition coefficient (Wildman–Crippen LogP) is 3.00. The van der Waals surface area contributed by atoms with Crippen molar-refractivity contribution in [3.63, 3.8) is 0 Å². The molecule has 1 unspecified atom stereocenters. The molecule has 3 nitrogen and oxygen atoms in total. The van der Waals surface area contributed by atoms with Crippen LogP contribution >= 0.6 is 11.8 Å². The number of benzene rings is 1. The van der Waals surface area contributed by atoms with E-state index in [2.05, 4.69) is 4.98 Å². The molecule has 0 radical (unpaired) electrons. The highest BCUT2D eigenvalue weighted by Gasteiger charge is 2.34. The molecule has 0 spiro atoms. The Balaban J connectivity index is 2.00. The van der Waals surface area contributed by atoms with E-state index in [9.17, 15) is 9.18 Å². The number of hydrogen-bond donors (Lipinski definition) is 0. The zero-order chi connectivity index (χ0) is 13.2. The zero-order valence-electron chi connectivity index (χ0n) is 9.99. The SMILES string of the molecule is O=C1CSC(c2cccnc2)N1c1cccc(F)c1. The third kappa shape index (κ3) is 2.33. The molecule has 0 saturated carbocycles. The molecule has 5 heteroatoms. The Labute approximate surface area is 114 Å². The first-order chi connectivity index (χ1) is 9.25. The van der Waals surface area contributed by atoms with Crippen LogP contribution in [0.3, 0.4) is 0 Å². The average molecular weight is 274 g/mol. The number of aromatic nitrogens is 1. The highest BCUT2D eigenvalue weighted by molar-refractivity contribution is 8.00. The second-order valence-corrected chi connectivity index (χ2v) is 5.26. The summed E-state index contributed by atoms with van der Waals surface area (Å²) in [5.41, 5.74) is 1.53. The van der Waals surface area contributed by atoms with Crippen molar-refractivity contribution in [1.29, 1.82) is 0 Å². The van der Waals surface area contributed by atoms with Gasteiger partial charge in [-0.3, -0.25) is 14.7 Å². The molecule has 3 rings (SSSR count). The molecule has 1 atom stereocenters. The fraction of sp³-hybridized carbons (Fsp3) is 0.143. The Hall–Kier alpha value is -1.88. The first-order valence-corrected chi connectivity index (χ1v) is 6.90. The molecule has 2 aromatic rings. The van der Waals surface area contributed by atoms with E-state index in [0.29, 0.717) is 11.4 Å². The molecule has 0 N–H and O–H groups in total. The van der Waals surface area contributed by atoms with Crippen molar-refractivity contribution >= 4 is 23.4 Å². The van der Waals surface area contributed by atoms with Crippen LogP contribution in [0.5, 0.6) is 0 Å². The van der Waals surface area contributed by atoms with Gasteiger partial charge in [0.1, 0.15) is 11.2 Å². The number of carbonyl (C=O) groups is 1. The van der Waals surface area contributed by atoms with Crippen LogP contribution in [-0.4, -0.2) is 16.6 Å². The quantitative estimate of drug-likeness (QED) is 0.844. The summed E-state index contributed by atoms with van der Waals surface area (Å²) in [7, 11) is 0. The molecule has 96 valence electrons. The van der Waals surface area contributed by atoms with E-state index in [1.807, 2.05) is 12.1 Å². The summed E-state index contributed by atoms with van der Waals surface area (Å²) in [6, 6.07) is 9.87. The van der Waals surface area contributed by atoms with Gasteiger partial charge in [-0.2, -0.15) is 0 Å². The number of thioether (sulfide) groups is 1. The highest BCUT2D eigenvalue weighted by atomic mass is 32.2. The van der Waals surface area contributed by atoms with Crippen LogP contribution in [0.25, 0.3) is 0 Å². The number of rotatable bonds is 2. The maximum atomic E-state index is 13.3. The lowest BCUT2D eigenvalue weighted by atomic mass is 10.2. The van der Waals surface area contributed by atoms with E-state index < -0.39 is 0 Å². The van der Waals surface area contributed by atoms with E-state index in [0.717, 1.165) is 5.56 Å². The van der Waals surface area contributed by atoms with Gasteiger partial charge in [0.2, 0.25) is 5.91 Å². The van der Waals surface area contributed by atoms with Crippen LogP contribution in [0.1, 0.15) is 10.9 Å². The predicted molar refractivity (Wildman–Crippen MR) is 73.3 cm³/mol. The second-order valence-electron chi connectivity index (χ2n) is 4.19. The Bertz CT molecular complexity index is 605. The Morgan fingerprint density at radius 1 is 1.32 bits per heavy atom. The Kier molecular flexibility index (Phi) is 3.21. The van der Waals surface area contributed by atoms with Crippen molar-refractivity contribution in [3.8, 4) is 0 Å². The fourth-order valence-corrected chi connectivity index (χ4v) is 3.26. The number of hydrogen-bond acceptors (Lipinski definition) is 3. The van der Waals surface area contributed by atoms with Crippen molar-refractivity contribution in [2.45, 2.75) is 5.37 Å². The third-order valence-corrected chi connectivity index (χ3v) is 4.14. The summed E-state index contributed by atoms with van der Waals surface area (Å²) in [5.74, 6) is 0.0485. The molecule has 0 aliphatic carbocycles. The van der Waals surface area contributed by atoms with Gasteiger partial charge in [-0.15, -0.1) is 11.8 Å². The van der Waals surface area contributed by atoms with Crippen LogP contribution in [0.4, 0.5) is 10.1 Å². The molecule has 1 aliphatic rings. The molecule has 2 heterocycles. The molecular weight excluding hydrogens is 263 g/mol. The standard InChI is InChI=1S/C14H11FN2OS/c15-11-4-1-5-12(7-11)17-13(18)9-19-14(17)10-3-2-6-16-8-10/h1-8,14H,9H2. The second kappa shape index (κ2) is 5.01. The van der Waals surface area contributed by atoms with E-state index in [1.165, 1.54) is 23.9 Å². The lowest BCUT2D eigenvalue weighted by molar-refractivity contribution is -0.115. The van der Waals surface area contributed by atoms with Gasteiger partial charge in [0.15, 0.2) is 0 Å². The van der Waals surface area contributed by atoms with Gasteiger partial charge in [0, 0.05) is 23.6 Å². The maximum absolute atomic E-state index is 13.3. The van der Waals surface area contributed by atoms with Gasteiger partial charge in [-0.05, 0) is 24.3 Å². The summed E-state index contributed by atoms with van der Waals surface area (Å²) < 4.78 is 13.3. The van der Waals surface area contributed by atoms with E-state index in [4.69, 9.17) is 0 Å². The molecular formula is C14H11FN2OS. The highest BCUT2D eigenvalue weighted by Crippen LogP contribution is 2.41. The van der Waals surface area contributed by atoms with Gasteiger partial charge in [-0.1, -0.05) is 12.1 Å². The lowest BCUT2D eigenvalue weighted by Crippen LogP contribution is -2.27. The van der Waals surface area contributed by atoms with Gasteiger partial charge in [0.05, 0.1) is 5.75 Å². The van der Waals surface area contributed by atoms with Crippen LogP contribution < -0.4 is 4.90 Å². The van der Waals surface area contributed by atoms with E-state index in [-0.39, 0.29) is 17.1 Å². The topological polar surface area (TPSA) is 33.2 Å². The summed E-state index contributed by atoms with van der Waals surface area (Å²) in [5, 5.41) is -0.136. The van der Waals surface area contributed by atoms with Crippen LogP contribution in [-0.2, 0) is 4.79 Å². The molecule has 1 fully saturated rings. The molecule has 19 heavy (non-hydrogen) atoms. The molecule has 1 aromatic carbocycles. The summed E-state index contributed by atoms with van der Waals surface area (Å²) in [6.07, 6.45) is 3.43. The van der Waals surface area contributed by atoms with Gasteiger partial charge < -0.3 is 0 Å². The number of halogens is 1. The first-order valence-electron chi connectivity index (χ1n) is 5.85. The first kappa shape index (κ1) is 12.2. The minimum Gasteiger partial charge on any atom is -0.295 e. The summed E-state index contributed by atoms with van der Waals surface area (Å²) >= 11 is 1.53. The average Bonchev–Trinajstić information content (AvgIpc) is 2.82. The minimum atomic E-state index is -0.341. The van der Waals surface area contributed by atoms with Crippen LogP contribution in [0.15, 0.2) is 48.8 Å². The molecule has 0 bridgehead atoms. The molecule has 1 aliphatic heterocycles. The summed E-state index contributed by atoms with van der Waals surface area (Å²) in [6.45, 7) is 0. The van der Waals surface area contributed by atoms with E-state index >= 15 is 0 Å². The van der Waals surface area contributed by atoms with Crippen molar-refractivity contribution in [3.05, 3.63) is 60.2 Å². The number of carbonyl (C=O) groups excluding carboxylic acids is 1. The Morgan fingerprint density at radius 2 is 2.21 bits per heavy atom. The van der Waals surface area contributed by atoms with Gasteiger partial charge in [-0.25, -0.2) is 4.39 Å². The van der Waals surface area contributed by atoms with Crippen molar-refractivity contribution in [2.24, 2.45) is 0 Å². The fourth-order valence-electron chi connectivity index (χ4n) is 2.10. The number of nitrogens with zero attached hydrogens (tertiary/aromatic N) is 2. The normalized spacial score (nSPS) is 18.9. The Morgan fingerprint density at radius 3 is 2.95 bits per heavy atom. The molecule has 1 amide bonds. The van der Waals surface area contributed by atoms with Gasteiger partial charge >= 0.3 is 0 Å². The number of anilines is 1. The monoisotopic (exact) mass is 274 g/mol.